The van der Waals surface area contributed by atoms with E-state index in [2.05, 4.69) is 9.97 Å². The van der Waals surface area contributed by atoms with Crippen LogP contribution in [-0.4, -0.2) is 68.8 Å². The first-order valence-corrected chi connectivity index (χ1v) is 8.99. The molecule has 1 aliphatic heterocycles. The molecular weight excluding hydrogens is 334 g/mol. The number of nitrogens with zero attached hydrogens (tertiary/aromatic N) is 5. The van der Waals surface area contributed by atoms with E-state index in [4.69, 9.17) is 0 Å². The Morgan fingerprint density at radius 2 is 2.04 bits per heavy atom. The van der Waals surface area contributed by atoms with Crippen LogP contribution in [0.4, 0.5) is 0 Å². The molecule has 0 amide bonds. The third kappa shape index (κ3) is 2.65. The van der Waals surface area contributed by atoms with Crippen LogP contribution >= 0.6 is 0 Å². The summed E-state index contributed by atoms with van der Waals surface area (Å²) in [5, 5.41) is 19.5. The molecule has 2 aromatic rings. The SMILES string of the molecule is CN(C)S(=O)(=O)n1cnc([C@@H]2[C@@H](CO)[C@H](CO)Cc3cncn32)c1. The number of rotatable bonds is 5. The summed E-state index contributed by atoms with van der Waals surface area (Å²) in [4.78, 5) is 8.39. The number of hydrogen-bond acceptors (Lipinski definition) is 6. The van der Waals surface area contributed by atoms with E-state index in [1.165, 1.54) is 26.6 Å². The summed E-state index contributed by atoms with van der Waals surface area (Å²) in [6.07, 6.45) is 6.67. The minimum absolute atomic E-state index is 0.0659. The van der Waals surface area contributed by atoms with Crippen molar-refractivity contribution in [1.29, 1.82) is 0 Å². The monoisotopic (exact) mass is 355 g/mol. The molecular formula is C14H21N5O4S. The molecule has 2 aromatic heterocycles. The van der Waals surface area contributed by atoms with Crippen LogP contribution in [0.1, 0.15) is 17.4 Å². The van der Waals surface area contributed by atoms with E-state index in [1.807, 2.05) is 4.57 Å². The first-order chi connectivity index (χ1) is 11.4. The van der Waals surface area contributed by atoms with E-state index in [0.29, 0.717) is 12.1 Å². The maximum Gasteiger partial charge on any atom is 0.308 e. The van der Waals surface area contributed by atoms with Crippen LogP contribution in [0.25, 0.3) is 0 Å². The molecule has 2 N–H and O–H groups in total. The smallest absolute Gasteiger partial charge is 0.308 e. The predicted octanol–water partition coefficient (Wildman–Crippen LogP) is -0.903. The Labute approximate surface area is 140 Å². The zero-order chi connectivity index (χ0) is 17.5. The van der Waals surface area contributed by atoms with Gasteiger partial charge in [0.1, 0.15) is 6.33 Å². The second kappa shape index (κ2) is 6.28. The number of aromatic nitrogens is 4. The molecule has 0 bridgehead atoms. The zero-order valence-electron chi connectivity index (χ0n) is 13.5. The maximum absolute atomic E-state index is 12.2. The van der Waals surface area contributed by atoms with Crippen molar-refractivity contribution in [2.45, 2.75) is 12.5 Å². The van der Waals surface area contributed by atoms with Crippen LogP contribution in [0.3, 0.4) is 0 Å². The van der Waals surface area contributed by atoms with Gasteiger partial charge < -0.3 is 14.8 Å². The highest BCUT2D eigenvalue weighted by atomic mass is 32.2. The van der Waals surface area contributed by atoms with Gasteiger partial charge in [0.2, 0.25) is 0 Å². The van der Waals surface area contributed by atoms with Crippen molar-refractivity contribution in [2.24, 2.45) is 11.8 Å². The lowest BCUT2D eigenvalue weighted by molar-refractivity contribution is 0.0765. The van der Waals surface area contributed by atoms with Gasteiger partial charge in [-0.15, -0.1) is 0 Å². The average Bonchev–Trinajstić information content (AvgIpc) is 3.21. The molecule has 0 spiro atoms. The number of aliphatic hydroxyl groups is 2. The van der Waals surface area contributed by atoms with E-state index < -0.39 is 10.2 Å². The second-order valence-electron chi connectivity index (χ2n) is 6.15. The summed E-state index contributed by atoms with van der Waals surface area (Å²) >= 11 is 0. The summed E-state index contributed by atoms with van der Waals surface area (Å²) in [7, 11) is -0.759. The summed E-state index contributed by atoms with van der Waals surface area (Å²) in [5.74, 6) is -0.415. The largest absolute Gasteiger partial charge is 0.396 e. The summed E-state index contributed by atoms with van der Waals surface area (Å²) in [5.41, 5.74) is 1.44. The van der Waals surface area contributed by atoms with Crippen molar-refractivity contribution in [1.82, 2.24) is 22.8 Å². The molecule has 0 unspecified atom stereocenters. The third-order valence-corrected chi connectivity index (χ3v) is 6.24. The topological polar surface area (TPSA) is 113 Å². The molecule has 0 aliphatic carbocycles. The molecule has 0 radical (unpaired) electrons. The van der Waals surface area contributed by atoms with Gasteiger partial charge in [-0.05, 0) is 12.3 Å². The lowest BCUT2D eigenvalue weighted by Gasteiger charge is -2.37. The molecule has 24 heavy (non-hydrogen) atoms. The van der Waals surface area contributed by atoms with E-state index in [1.54, 1.807) is 12.5 Å². The van der Waals surface area contributed by atoms with Crippen LogP contribution in [0.15, 0.2) is 25.0 Å². The molecule has 9 nitrogen and oxygen atoms in total. The van der Waals surface area contributed by atoms with Gasteiger partial charge in [0.15, 0.2) is 0 Å². The Hall–Kier alpha value is -1.75. The fourth-order valence-electron chi connectivity index (χ4n) is 3.22. The molecule has 1 aliphatic rings. The van der Waals surface area contributed by atoms with Gasteiger partial charge >= 0.3 is 10.2 Å². The average molecular weight is 355 g/mol. The molecule has 0 aromatic carbocycles. The first kappa shape index (κ1) is 17.1. The van der Waals surface area contributed by atoms with Gasteiger partial charge in [-0.1, -0.05) is 0 Å². The van der Waals surface area contributed by atoms with Gasteiger partial charge in [-0.3, -0.25) is 0 Å². The van der Waals surface area contributed by atoms with Crippen molar-refractivity contribution < 1.29 is 18.6 Å². The first-order valence-electron chi connectivity index (χ1n) is 7.59. The van der Waals surface area contributed by atoms with Crippen LogP contribution in [0.2, 0.25) is 0 Å². The summed E-state index contributed by atoms with van der Waals surface area (Å²) < 4.78 is 28.5. The van der Waals surface area contributed by atoms with Gasteiger partial charge in [-0.2, -0.15) is 12.7 Å². The molecule has 0 saturated heterocycles. The lowest BCUT2D eigenvalue weighted by Crippen LogP contribution is -2.38. The van der Waals surface area contributed by atoms with Crippen molar-refractivity contribution in [3.63, 3.8) is 0 Å². The number of hydrogen-bond donors (Lipinski definition) is 2. The number of aliphatic hydroxyl groups excluding tert-OH is 2. The highest BCUT2D eigenvalue weighted by molar-refractivity contribution is 7.87. The molecule has 3 atom stereocenters. The minimum Gasteiger partial charge on any atom is -0.396 e. The second-order valence-corrected chi connectivity index (χ2v) is 8.20. The van der Waals surface area contributed by atoms with Crippen molar-refractivity contribution in [3.8, 4) is 0 Å². The highest BCUT2D eigenvalue weighted by Gasteiger charge is 2.38. The Morgan fingerprint density at radius 1 is 1.29 bits per heavy atom. The highest BCUT2D eigenvalue weighted by Crippen LogP contribution is 2.38. The molecule has 132 valence electrons. The number of imidazole rings is 2. The molecule has 0 fully saturated rings. The predicted molar refractivity (Wildman–Crippen MR) is 85.5 cm³/mol. The third-order valence-electron chi connectivity index (χ3n) is 4.58. The zero-order valence-corrected chi connectivity index (χ0v) is 14.3. The van der Waals surface area contributed by atoms with Crippen LogP contribution in [-0.2, 0) is 16.6 Å². The lowest BCUT2D eigenvalue weighted by atomic mass is 9.79. The van der Waals surface area contributed by atoms with E-state index >= 15 is 0 Å². The quantitative estimate of drug-likeness (QED) is 0.718. The van der Waals surface area contributed by atoms with E-state index in [9.17, 15) is 18.6 Å². The maximum atomic E-state index is 12.2. The van der Waals surface area contributed by atoms with Gasteiger partial charge in [0.05, 0.1) is 18.1 Å². The van der Waals surface area contributed by atoms with Crippen LogP contribution in [0.5, 0.6) is 0 Å². The Kier molecular flexibility index (Phi) is 4.47. The van der Waals surface area contributed by atoms with E-state index in [-0.39, 0.29) is 31.1 Å². The Bertz CT molecular complexity index is 813. The van der Waals surface area contributed by atoms with Crippen LogP contribution in [0, 0.1) is 11.8 Å². The minimum atomic E-state index is -3.65. The molecule has 3 heterocycles. The van der Waals surface area contributed by atoms with Gasteiger partial charge in [0, 0.05) is 51.3 Å². The molecule has 0 saturated carbocycles. The fourth-order valence-corrected chi connectivity index (χ4v) is 4.01. The van der Waals surface area contributed by atoms with Crippen molar-refractivity contribution in [2.75, 3.05) is 27.3 Å². The summed E-state index contributed by atoms with van der Waals surface area (Å²) in [6.45, 7) is -0.204. The molecule has 3 rings (SSSR count). The molecule has 10 heteroatoms. The van der Waals surface area contributed by atoms with Gasteiger partial charge in [0.25, 0.3) is 0 Å². The van der Waals surface area contributed by atoms with Gasteiger partial charge in [-0.25, -0.2) is 13.9 Å². The standard InChI is InChI=1S/C14H21N5O4S/c1-17(2)24(22,23)18-5-13(16-9-18)14-12(7-21)10(6-20)3-11-4-15-8-19(11)14/h4-5,8-10,12,14,20-21H,3,6-7H2,1-2H3/t10-,12-,14-/m0/s1. The Balaban J connectivity index is 2.06. The van der Waals surface area contributed by atoms with Crippen molar-refractivity contribution >= 4 is 10.2 Å². The normalized spacial score (nSPS) is 24.3. The number of fused-ring (bicyclic) bond motifs is 1. The van der Waals surface area contributed by atoms with E-state index in [0.717, 1.165) is 14.0 Å². The Morgan fingerprint density at radius 3 is 2.67 bits per heavy atom. The summed E-state index contributed by atoms with van der Waals surface area (Å²) in [6, 6.07) is -0.378. The fraction of sp³-hybridized carbons (Fsp3) is 0.571. The van der Waals surface area contributed by atoms with Crippen molar-refractivity contribution in [3.05, 3.63) is 36.4 Å². The van der Waals surface area contributed by atoms with Crippen LogP contribution < -0.4 is 0 Å².